The van der Waals surface area contributed by atoms with Gasteiger partial charge in [0, 0.05) is 6.04 Å². The third-order valence-electron chi connectivity index (χ3n) is 3.34. The lowest BCUT2D eigenvalue weighted by Crippen LogP contribution is -2.31. The van der Waals surface area contributed by atoms with Crippen molar-refractivity contribution in [2.75, 3.05) is 6.54 Å². The Balaban J connectivity index is 1.87. The summed E-state index contributed by atoms with van der Waals surface area (Å²) in [5, 5.41) is 11.2. The van der Waals surface area contributed by atoms with Crippen LogP contribution in [0.1, 0.15) is 31.4 Å². The Hall–Kier alpha value is -1.42. The molecule has 1 saturated heterocycles. The summed E-state index contributed by atoms with van der Waals surface area (Å²) in [7, 11) is 0. The van der Waals surface area contributed by atoms with Crippen molar-refractivity contribution in [1.29, 1.82) is 0 Å². The maximum absolute atomic E-state index is 4.70. The summed E-state index contributed by atoms with van der Waals surface area (Å²) >= 11 is 0. The summed E-state index contributed by atoms with van der Waals surface area (Å²) in [5.74, 6) is 0.786. The van der Waals surface area contributed by atoms with Crippen LogP contribution in [0.2, 0.25) is 0 Å². The Bertz CT molecular complexity index is 486. The zero-order chi connectivity index (χ0) is 11.0. The van der Waals surface area contributed by atoms with Gasteiger partial charge in [0.15, 0.2) is 0 Å². The van der Waals surface area contributed by atoms with Gasteiger partial charge in [-0.25, -0.2) is 4.63 Å². The second-order valence-electron chi connectivity index (χ2n) is 4.66. The molecule has 4 heteroatoms. The lowest BCUT2D eigenvalue weighted by Gasteiger charge is -2.28. The van der Waals surface area contributed by atoms with E-state index in [1.54, 1.807) is 0 Å². The largest absolute Gasteiger partial charge is 0.310 e. The maximum Gasteiger partial charge on any atom is 0.135 e. The molecule has 0 amide bonds. The summed E-state index contributed by atoms with van der Waals surface area (Å²) in [6.45, 7) is 3.38. The smallest absolute Gasteiger partial charge is 0.135 e. The van der Waals surface area contributed by atoms with Gasteiger partial charge in [0.05, 0.1) is 0 Å². The van der Waals surface area contributed by atoms with Crippen LogP contribution in [0.3, 0.4) is 0 Å². The quantitative estimate of drug-likeness (QED) is 0.796. The summed E-state index contributed by atoms with van der Waals surface area (Å²) in [6.07, 6.45) is 2.48. The molecular weight excluding hydrogens is 202 g/mol. The van der Waals surface area contributed by atoms with Gasteiger partial charge in [-0.2, -0.15) is 0 Å². The highest BCUT2D eigenvalue weighted by atomic mass is 16.6. The van der Waals surface area contributed by atoms with E-state index in [0.29, 0.717) is 6.04 Å². The number of aromatic nitrogens is 2. The highest BCUT2D eigenvalue weighted by Gasteiger charge is 2.19. The van der Waals surface area contributed by atoms with E-state index in [1.807, 2.05) is 6.07 Å². The molecule has 1 fully saturated rings. The molecule has 1 aromatic heterocycles. The van der Waals surface area contributed by atoms with Crippen LogP contribution in [-0.4, -0.2) is 16.9 Å². The Kier molecular flexibility index (Phi) is 2.36. The van der Waals surface area contributed by atoms with Crippen molar-refractivity contribution in [3.63, 3.8) is 0 Å². The molecule has 0 saturated carbocycles. The zero-order valence-electron chi connectivity index (χ0n) is 9.31. The van der Waals surface area contributed by atoms with Gasteiger partial charge in [-0.05, 0) is 53.3 Å². The predicted molar refractivity (Wildman–Crippen MR) is 60.9 cm³/mol. The molecule has 0 bridgehead atoms. The van der Waals surface area contributed by atoms with E-state index in [4.69, 9.17) is 4.63 Å². The summed E-state index contributed by atoms with van der Waals surface area (Å²) in [4.78, 5) is 0. The summed E-state index contributed by atoms with van der Waals surface area (Å²) in [6, 6.07) is 6.61. The third kappa shape index (κ3) is 1.69. The number of nitrogens with zero attached hydrogens (tertiary/aromatic N) is 2. The molecule has 3 rings (SSSR count). The fourth-order valence-electron chi connectivity index (χ4n) is 2.30. The van der Waals surface area contributed by atoms with E-state index in [-0.39, 0.29) is 0 Å². The third-order valence-corrected chi connectivity index (χ3v) is 3.34. The highest BCUT2D eigenvalue weighted by Crippen LogP contribution is 2.26. The number of hydrogen-bond acceptors (Lipinski definition) is 4. The monoisotopic (exact) mass is 217 g/mol. The van der Waals surface area contributed by atoms with Crippen molar-refractivity contribution in [1.82, 2.24) is 15.6 Å². The number of hydrogen-bond donors (Lipinski definition) is 1. The average molecular weight is 217 g/mol. The van der Waals surface area contributed by atoms with Gasteiger partial charge in [-0.3, -0.25) is 0 Å². The first-order valence-electron chi connectivity index (χ1n) is 5.78. The minimum Gasteiger partial charge on any atom is -0.310 e. The molecule has 2 heterocycles. The SMILES string of the molecule is CC1CCC(c2ccc3nonc3c2)NC1. The molecule has 1 aliphatic rings. The van der Waals surface area contributed by atoms with Gasteiger partial charge in [-0.1, -0.05) is 13.0 Å². The Labute approximate surface area is 94.0 Å². The van der Waals surface area contributed by atoms with E-state index in [1.165, 1.54) is 18.4 Å². The number of benzene rings is 1. The molecule has 1 N–H and O–H groups in total. The molecule has 4 nitrogen and oxygen atoms in total. The second-order valence-corrected chi connectivity index (χ2v) is 4.66. The van der Waals surface area contributed by atoms with Crippen molar-refractivity contribution in [2.24, 2.45) is 5.92 Å². The molecule has 0 spiro atoms. The Morgan fingerprint density at radius 1 is 1.25 bits per heavy atom. The standard InChI is InChI=1S/C12H15N3O/c1-8-2-4-10(13-7-8)9-3-5-11-12(6-9)15-16-14-11/h3,5-6,8,10,13H,2,4,7H2,1H3. The van der Waals surface area contributed by atoms with E-state index in [0.717, 1.165) is 23.5 Å². The van der Waals surface area contributed by atoms with Crippen LogP contribution < -0.4 is 5.32 Å². The van der Waals surface area contributed by atoms with Crippen molar-refractivity contribution >= 4 is 11.0 Å². The zero-order valence-corrected chi connectivity index (χ0v) is 9.31. The van der Waals surface area contributed by atoms with E-state index in [9.17, 15) is 0 Å². The predicted octanol–water partition coefficient (Wildman–Crippen LogP) is 2.28. The van der Waals surface area contributed by atoms with Crippen LogP contribution in [0, 0.1) is 5.92 Å². The molecule has 84 valence electrons. The number of fused-ring (bicyclic) bond motifs is 1. The second kappa shape index (κ2) is 3.87. The average Bonchev–Trinajstić information content (AvgIpc) is 2.77. The van der Waals surface area contributed by atoms with Gasteiger partial charge in [-0.15, -0.1) is 0 Å². The van der Waals surface area contributed by atoms with Gasteiger partial charge in [0.2, 0.25) is 0 Å². The Morgan fingerprint density at radius 3 is 2.94 bits per heavy atom. The van der Waals surface area contributed by atoms with Crippen LogP contribution in [0.25, 0.3) is 11.0 Å². The molecule has 0 aliphatic carbocycles. The first-order valence-corrected chi connectivity index (χ1v) is 5.78. The van der Waals surface area contributed by atoms with Crippen molar-refractivity contribution in [3.05, 3.63) is 23.8 Å². The molecule has 1 aliphatic heterocycles. The molecule has 1 aromatic carbocycles. The minimum absolute atomic E-state index is 0.456. The van der Waals surface area contributed by atoms with Gasteiger partial charge in [0.1, 0.15) is 11.0 Å². The fraction of sp³-hybridized carbons (Fsp3) is 0.500. The van der Waals surface area contributed by atoms with Crippen LogP contribution in [0.4, 0.5) is 0 Å². The number of nitrogens with one attached hydrogen (secondary N) is 1. The first kappa shape index (κ1) is 9.78. The number of piperidine rings is 1. The lowest BCUT2D eigenvalue weighted by molar-refractivity contribution is 0.315. The fourth-order valence-corrected chi connectivity index (χ4v) is 2.30. The van der Waals surface area contributed by atoms with Gasteiger partial charge < -0.3 is 5.32 Å². The van der Waals surface area contributed by atoms with Crippen LogP contribution in [0.15, 0.2) is 22.8 Å². The van der Waals surface area contributed by atoms with Gasteiger partial charge >= 0.3 is 0 Å². The van der Waals surface area contributed by atoms with E-state index >= 15 is 0 Å². The van der Waals surface area contributed by atoms with Crippen LogP contribution in [-0.2, 0) is 0 Å². The molecular formula is C12H15N3O. The molecule has 2 atom stereocenters. The molecule has 0 radical (unpaired) electrons. The normalized spacial score (nSPS) is 26.1. The van der Waals surface area contributed by atoms with E-state index in [2.05, 4.69) is 34.7 Å². The van der Waals surface area contributed by atoms with Crippen LogP contribution in [0.5, 0.6) is 0 Å². The Morgan fingerprint density at radius 2 is 2.12 bits per heavy atom. The minimum atomic E-state index is 0.456. The topological polar surface area (TPSA) is 51.0 Å². The molecule has 16 heavy (non-hydrogen) atoms. The van der Waals surface area contributed by atoms with Gasteiger partial charge in [0.25, 0.3) is 0 Å². The van der Waals surface area contributed by atoms with Crippen molar-refractivity contribution < 1.29 is 4.63 Å². The summed E-state index contributed by atoms with van der Waals surface area (Å²) < 4.78 is 4.70. The highest BCUT2D eigenvalue weighted by molar-refractivity contribution is 5.73. The molecule has 2 aromatic rings. The first-order chi connectivity index (χ1) is 7.83. The van der Waals surface area contributed by atoms with Crippen molar-refractivity contribution in [2.45, 2.75) is 25.8 Å². The van der Waals surface area contributed by atoms with E-state index < -0.39 is 0 Å². The molecule has 2 unspecified atom stereocenters. The van der Waals surface area contributed by atoms with Crippen LogP contribution >= 0.6 is 0 Å². The summed E-state index contributed by atoms with van der Waals surface area (Å²) in [5.41, 5.74) is 2.96. The van der Waals surface area contributed by atoms with Crippen molar-refractivity contribution in [3.8, 4) is 0 Å². The lowest BCUT2D eigenvalue weighted by atomic mass is 9.92. The number of rotatable bonds is 1. The maximum atomic E-state index is 4.70.